The van der Waals surface area contributed by atoms with E-state index >= 15 is 0 Å². The van der Waals surface area contributed by atoms with E-state index in [2.05, 4.69) is 54.4 Å². The molecule has 0 aromatic heterocycles. The van der Waals surface area contributed by atoms with Gasteiger partial charge in [-0.2, -0.15) is 0 Å². The number of likely N-dealkylation sites (N-methyl/N-ethyl adjacent to an activating group) is 1. The molecule has 2 fully saturated rings. The van der Waals surface area contributed by atoms with Crippen molar-refractivity contribution in [3.63, 3.8) is 0 Å². The lowest BCUT2D eigenvalue weighted by Crippen LogP contribution is -2.63. The van der Waals surface area contributed by atoms with Gasteiger partial charge in [-0.3, -0.25) is 9.69 Å². The second-order valence-corrected chi connectivity index (χ2v) is 7.99. The Kier molecular flexibility index (Phi) is 5.28. The van der Waals surface area contributed by atoms with Gasteiger partial charge >= 0.3 is 0 Å². The molecule has 0 saturated carbocycles. The Morgan fingerprint density at radius 1 is 1.07 bits per heavy atom. The van der Waals surface area contributed by atoms with Crippen LogP contribution in [0.3, 0.4) is 0 Å². The summed E-state index contributed by atoms with van der Waals surface area (Å²) in [7, 11) is 2.17. The van der Waals surface area contributed by atoms with E-state index in [-0.39, 0.29) is 11.5 Å². The third-order valence-corrected chi connectivity index (χ3v) is 5.87. The second kappa shape index (κ2) is 7.83. The number of rotatable bonds is 6. The summed E-state index contributed by atoms with van der Waals surface area (Å²) in [6, 6.07) is 21.2. The van der Waals surface area contributed by atoms with Gasteiger partial charge in [0, 0.05) is 19.0 Å². The fourth-order valence-corrected chi connectivity index (χ4v) is 4.20. The molecule has 2 aliphatic heterocycles. The number of likely N-dealkylation sites (tertiary alicyclic amines) is 1. The summed E-state index contributed by atoms with van der Waals surface area (Å²) < 4.78 is 6.16. The predicted molar refractivity (Wildman–Crippen MR) is 106 cm³/mol. The molecule has 4 rings (SSSR count). The molecule has 0 bridgehead atoms. The number of hydrogen-bond donors (Lipinski definition) is 0. The molecule has 0 aliphatic carbocycles. The van der Waals surface area contributed by atoms with Crippen LogP contribution in [-0.2, 0) is 22.5 Å². The zero-order valence-electron chi connectivity index (χ0n) is 16.0. The molecule has 1 amide bonds. The van der Waals surface area contributed by atoms with Crippen molar-refractivity contribution in [1.29, 1.82) is 0 Å². The summed E-state index contributed by atoms with van der Waals surface area (Å²) in [5, 5.41) is 0. The fourth-order valence-electron chi connectivity index (χ4n) is 4.20. The molecule has 4 nitrogen and oxygen atoms in total. The SMILES string of the molecule is CN(Cc1ccccc1)C1COC2(C1)CN(C(=O)CCc1ccccc1)C2. The lowest BCUT2D eigenvalue weighted by atomic mass is 9.88. The molecular formula is C23H28N2O2. The Bertz CT molecular complexity index is 756. The number of hydrogen-bond acceptors (Lipinski definition) is 3. The molecule has 0 N–H and O–H groups in total. The fraction of sp³-hybridized carbons (Fsp3) is 0.435. The molecule has 2 aromatic carbocycles. The number of nitrogens with zero attached hydrogens (tertiary/aromatic N) is 2. The molecular weight excluding hydrogens is 336 g/mol. The second-order valence-electron chi connectivity index (χ2n) is 7.99. The summed E-state index contributed by atoms with van der Waals surface area (Å²) in [6.07, 6.45) is 2.41. The predicted octanol–water partition coefficient (Wildman–Crippen LogP) is 3.12. The highest BCUT2D eigenvalue weighted by atomic mass is 16.5. The quantitative estimate of drug-likeness (QED) is 0.790. The summed E-state index contributed by atoms with van der Waals surface area (Å²) in [5.41, 5.74) is 2.44. The van der Waals surface area contributed by atoms with Crippen LogP contribution in [0.4, 0.5) is 0 Å². The van der Waals surface area contributed by atoms with Crippen LogP contribution in [-0.4, -0.2) is 54.1 Å². The van der Waals surface area contributed by atoms with Crippen LogP contribution in [0.2, 0.25) is 0 Å². The number of carbonyl (C=O) groups is 1. The van der Waals surface area contributed by atoms with Crippen molar-refractivity contribution in [3.05, 3.63) is 71.8 Å². The topological polar surface area (TPSA) is 32.8 Å². The average Bonchev–Trinajstić information content (AvgIpc) is 3.13. The first-order valence-corrected chi connectivity index (χ1v) is 9.83. The van der Waals surface area contributed by atoms with Crippen LogP contribution in [0.15, 0.2) is 60.7 Å². The van der Waals surface area contributed by atoms with Crippen LogP contribution in [0, 0.1) is 0 Å². The van der Waals surface area contributed by atoms with Gasteiger partial charge in [0.1, 0.15) is 5.60 Å². The van der Waals surface area contributed by atoms with Crippen molar-refractivity contribution in [1.82, 2.24) is 9.80 Å². The summed E-state index contributed by atoms with van der Waals surface area (Å²) >= 11 is 0. The van der Waals surface area contributed by atoms with Gasteiger partial charge < -0.3 is 9.64 Å². The number of benzene rings is 2. The number of amides is 1. The van der Waals surface area contributed by atoms with E-state index in [4.69, 9.17) is 4.74 Å². The summed E-state index contributed by atoms with van der Waals surface area (Å²) in [6.45, 7) is 3.19. The molecule has 2 heterocycles. The Morgan fingerprint density at radius 3 is 2.37 bits per heavy atom. The third kappa shape index (κ3) is 4.23. The minimum atomic E-state index is -0.113. The lowest BCUT2D eigenvalue weighted by molar-refractivity contribution is -0.157. The van der Waals surface area contributed by atoms with E-state index in [0.29, 0.717) is 12.5 Å². The smallest absolute Gasteiger partial charge is 0.223 e. The van der Waals surface area contributed by atoms with Gasteiger partial charge in [0.25, 0.3) is 0 Å². The highest BCUT2D eigenvalue weighted by molar-refractivity contribution is 5.77. The molecule has 142 valence electrons. The number of aryl methyl sites for hydroxylation is 1. The van der Waals surface area contributed by atoms with Crippen molar-refractivity contribution < 1.29 is 9.53 Å². The van der Waals surface area contributed by atoms with Gasteiger partial charge in [-0.1, -0.05) is 60.7 Å². The van der Waals surface area contributed by atoms with Gasteiger partial charge in [0.05, 0.1) is 19.7 Å². The zero-order valence-corrected chi connectivity index (χ0v) is 16.0. The Morgan fingerprint density at radius 2 is 1.70 bits per heavy atom. The molecule has 0 radical (unpaired) electrons. The minimum Gasteiger partial charge on any atom is -0.370 e. The van der Waals surface area contributed by atoms with Crippen LogP contribution in [0.1, 0.15) is 24.0 Å². The van der Waals surface area contributed by atoms with E-state index in [0.717, 1.165) is 39.1 Å². The Balaban J connectivity index is 1.23. The third-order valence-electron chi connectivity index (χ3n) is 5.87. The zero-order chi connectivity index (χ0) is 18.7. The van der Waals surface area contributed by atoms with Gasteiger partial charge in [0.2, 0.25) is 5.91 Å². The first-order chi connectivity index (χ1) is 13.1. The van der Waals surface area contributed by atoms with E-state index in [1.807, 2.05) is 23.1 Å². The molecule has 2 saturated heterocycles. The summed E-state index contributed by atoms with van der Waals surface area (Å²) in [4.78, 5) is 16.8. The average molecular weight is 364 g/mol. The summed E-state index contributed by atoms with van der Waals surface area (Å²) in [5.74, 6) is 0.245. The van der Waals surface area contributed by atoms with E-state index < -0.39 is 0 Å². The van der Waals surface area contributed by atoms with Crippen molar-refractivity contribution in [2.24, 2.45) is 0 Å². The molecule has 1 unspecified atom stereocenters. The van der Waals surface area contributed by atoms with Crippen LogP contribution in [0.5, 0.6) is 0 Å². The maximum absolute atomic E-state index is 12.5. The maximum Gasteiger partial charge on any atom is 0.223 e. The van der Waals surface area contributed by atoms with Crippen LogP contribution < -0.4 is 0 Å². The monoisotopic (exact) mass is 364 g/mol. The molecule has 1 spiro atoms. The van der Waals surface area contributed by atoms with Gasteiger partial charge in [0.15, 0.2) is 0 Å². The van der Waals surface area contributed by atoms with Crippen molar-refractivity contribution in [2.45, 2.75) is 37.5 Å². The molecule has 4 heteroatoms. The maximum atomic E-state index is 12.5. The van der Waals surface area contributed by atoms with Crippen LogP contribution >= 0.6 is 0 Å². The Hall–Kier alpha value is -2.17. The molecule has 1 atom stereocenters. The van der Waals surface area contributed by atoms with Gasteiger partial charge in [-0.05, 0) is 31.0 Å². The number of ether oxygens (including phenoxy) is 1. The molecule has 2 aromatic rings. The molecule has 2 aliphatic rings. The van der Waals surface area contributed by atoms with E-state index in [9.17, 15) is 4.79 Å². The highest BCUT2D eigenvalue weighted by Crippen LogP contribution is 2.37. The highest BCUT2D eigenvalue weighted by Gasteiger charge is 2.51. The van der Waals surface area contributed by atoms with E-state index in [1.54, 1.807) is 0 Å². The minimum absolute atomic E-state index is 0.113. The first-order valence-electron chi connectivity index (χ1n) is 9.83. The largest absolute Gasteiger partial charge is 0.370 e. The number of carbonyl (C=O) groups excluding carboxylic acids is 1. The van der Waals surface area contributed by atoms with E-state index in [1.165, 1.54) is 11.1 Å². The van der Waals surface area contributed by atoms with Crippen LogP contribution in [0.25, 0.3) is 0 Å². The Labute approximate surface area is 161 Å². The van der Waals surface area contributed by atoms with Gasteiger partial charge in [-0.25, -0.2) is 0 Å². The molecule has 27 heavy (non-hydrogen) atoms. The standard InChI is InChI=1S/C23H28N2O2/c1-24(15-20-10-6-3-7-11-20)21-14-23(27-16-21)17-25(18-23)22(26)13-12-19-8-4-2-5-9-19/h2-11,21H,12-18H2,1H3. The van der Waals surface area contributed by atoms with Crippen molar-refractivity contribution in [3.8, 4) is 0 Å². The van der Waals surface area contributed by atoms with Gasteiger partial charge in [-0.15, -0.1) is 0 Å². The first kappa shape index (κ1) is 18.2. The normalized spacial score (nSPS) is 20.8. The lowest BCUT2D eigenvalue weighted by Gasteiger charge is -2.47. The van der Waals surface area contributed by atoms with Crippen molar-refractivity contribution >= 4 is 5.91 Å². The van der Waals surface area contributed by atoms with Crippen molar-refractivity contribution in [2.75, 3.05) is 26.7 Å².